The van der Waals surface area contributed by atoms with Crippen LogP contribution in [0.5, 0.6) is 0 Å². The first kappa shape index (κ1) is 8.68. The summed E-state index contributed by atoms with van der Waals surface area (Å²) in [7, 11) is 0. The number of halogens is 1. The molecule has 5 heteroatoms. The number of nitrogens with zero attached hydrogens (tertiary/aromatic N) is 1. The number of aryl methyl sites for hydroxylation is 1. The van der Waals surface area contributed by atoms with Gasteiger partial charge in [0.25, 0.3) is 0 Å². The molecule has 0 amide bonds. The lowest BCUT2D eigenvalue weighted by molar-refractivity contribution is 0.388. The molecular weight excluding hydrogens is 187 g/mol. The van der Waals surface area contributed by atoms with Crippen LogP contribution in [0.15, 0.2) is 27.5 Å². The minimum absolute atomic E-state index is 0.234. The van der Waals surface area contributed by atoms with Gasteiger partial charge in [0.1, 0.15) is 5.82 Å². The van der Waals surface area contributed by atoms with Gasteiger partial charge in [-0.2, -0.15) is 0 Å². The maximum absolute atomic E-state index is 13.0. The second-order valence-corrected chi connectivity index (χ2v) is 2.96. The Morgan fingerprint density at radius 1 is 1.43 bits per heavy atom. The molecule has 1 aromatic carbocycles. The molecule has 0 aliphatic rings. The largest absolute Gasteiger partial charge is 0.439 e. The minimum atomic E-state index is -0.651. The van der Waals surface area contributed by atoms with Crippen LogP contribution in [0.2, 0.25) is 0 Å². The number of rotatable bonds is 1. The summed E-state index contributed by atoms with van der Waals surface area (Å²) in [6, 6.07) is 4.37. The fourth-order valence-corrected chi connectivity index (χ4v) is 1.23. The van der Waals surface area contributed by atoms with Crippen molar-refractivity contribution in [3.63, 3.8) is 0 Å². The Hall–Kier alpha value is -1.91. The summed E-state index contributed by atoms with van der Waals surface area (Å²) in [6.07, 6.45) is 0. The molecule has 1 aromatic heterocycles. The highest BCUT2D eigenvalue weighted by molar-refractivity contribution is 5.55. The summed E-state index contributed by atoms with van der Waals surface area (Å²) >= 11 is 0. The van der Waals surface area contributed by atoms with Crippen molar-refractivity contribution < 1.29 is 8.91 Å². The summed E-state index contributed by atoms with van der Waals surface area (Å²) in [5.41, 5.74) is 1.25. The zero-order valence-electron chi connectivity index (χ0n) is 7.37. The molecule has 72 valence electrons. The Morgan fingerprint density at radius 3 is 2.79 bits per heavy atom. The first-order valence-electron chi connectivity index (χ1n) is 3.99. The van der Waals surface area contributed by atoms with E-state index >= 15 is 0 Å². The van der Waals surface area contributed by atoms with Crippen LogP contribution in [-0.2, 0) is 0 Å². The van der Waals surface area contributed by atoms with Gasteiger partial charge < -0.3 is 0 Å². The molecule has 0 radical (unpaired) electrons. The van der Waals surface area contributed by atoms with Gasteiger partial charge in [-0.15, -0.1) is 0 Å². The zero-order chi connectivity index (χ0) is 10.1. The molecule has 0 aliphatic heterocycles. The first-order chi connectivity index (χ1) is 6.65. The van der Waals surface area contributed by atoms with Crippen molar-refractivity contribution in [3.8, 4) is 11.4 Å². The topological polar surface area (TPSA) is 58.9 Å². The predicted octanol–water partition coefficient (Wildman–Crippen LogP) is 1.48. The average Bonchev–Trinajstić information content (AvgIpc) is 2.50. The molecule has 0 bridgehead atoms. The number of aromatic nitrogens is 2. The molecule has 2 aromatic rings. The molecule has 1 N–H and O–H groups in total. The number of H-pyrrole nitrogens is 1. The van der Waals surface area contributed by atoms with E-state index in [0.29, 0.717) is 5.56 Å². The molecule has 0 saturated heterocycles. The fourth-order valence-electron chi connectivity index (χ4n) is 1.23. The summed E-state index contributed by atoms with van der Waals surface area (Å²) < 4.78 is 17.3. The maximum Gasteiger partial charge on any atom is 0.439 e. The van der Waals surface area contributed by atoms with E-state index in [0.717, 1.165) is 5.56 Å². The van der Waals surface area contributed by atoms with E-state index in [1.54, 1.807) is 13.0 Å². The van der Waals surface area contributed by atoms with Crippen LogP contribution in [0.3, 0.4) is 0 Å². The average molecular weight is 194 g/mol. The Labute approximate surface area is 78.4 Å². The highest BCUT2D eigenvalue weighted by Gasteiger charge is 2.05. The van der Waals surface area contributed by atoms with Crippen molar-refractivity contribution in [2.24, 2.45) is 0 Å². The highest BCUT2D eigenvalue weighted by atomic mass is 19.1. The van der Waals surface area contributed by atoms with Gasteiger partial charge in [0.05, 0.1) is 0 Å². The van der Waals surface area contributed by atoms with Crippen molar-refractivity contribution in [1.29, 1.82) is 0 Å². The van der Waals surface area contributed by atoms with Crippen molar-refractivity contribution in [1.82, 2.24) is 10.1 Å². The third-order valence-corrected chi connectivity index (χ3v) is 1.76. The van der Waals surface area contributed by atoms with E-state index in [2.05, 4.69) is 14.7 Å². The number of aromatic amines is 1. The Morgan fingerprint density at radius 2 is 2.21 bits per heavy atom. The van der Waals surface area contributed by atoms with Gasteiger partial charge in [-0.1, -0.05) is 5.16 Å². The van der Waals surface area contributed by atoms with Crippen molar-refractivity contribution in [3.05, 3.63) is 40.1 Å². The van der Waals surface area contributed by atoms with E-state index in [4.69, 9.17) is 0 Å². The molecule has 4 nitrogen and oxygen atoms in total. The summed E-state index contributed by atoms with van der Waals surface area (Å²) in [5, 5.41) is 3.46. The third kappa shape index (κ3) is 1.56. The number of nitrogens with one attached hydrogen (secondary N) is 1. The molecule has 0 atom stereocenters. The summed E-state index contributed by atoms with van der Waals surface area (Å²) in [4.78, 5) is 13.0. The van der Waals surface area contributed by atoms with E-state index in [-0.39, 0.29) is 11.6 Å². The van der Waals surface area contributed by atoms with Crippen LogP contribution in [-0.4, -0.2) is 10.1 Å². The monoisotopic (exact) mass is 194 g/mol. The van der Waals surface area contributed by atoms with Gasteiger partial charge in [-0.25, -0.2) is 9.18 Å². The van der Waals surface area contributed by atoms with E-state index < -0.39 is 5.76 Å². The predicted molar refractivity (Wildman–Crippen MR) is 47.3 cm³/mol. The lowest BCUT2D eigenvalue weighted by Gasteiger charge is -1.97. The normalized spacial score (nSPS) is 10.4. The molecule has 0 fully saturated rings. The molecule has 1 heterocycles. The quantitative estimate of drug-likeness (QED) is 0.747. The van der Waals surface area contributed by atoms with Crippen LogP contribution < -0.4 is 5.76 Å². The minimum Gasteiger partial charge on any atom is -0.296 e. The summed E-state index contributed by atoms with van der Waals surface area (Å²) in [6.45, 7) is 1.75. The van der Waals surface area contributed by atoms with Crippen molar-refractivity contribution >= 4 is 0 Å². The molecule has 0 unspecified atom stereocenters. The molecule has 14 heavy (non-hydrogen) atoms. The Kier molecular flexibility index (Phi) is 1.92. The zero-order valence-corrected chi connectivity index (χ0v) is 7.37. The second-order valence-electron chi connectivity index (χ2n) is 2.96. The fraction of sp³-hybridized carbons (Fsp3) is 0.111. The highest BCUT2D eigenvalue weighted by Crippen LogP contribution is 2.16. The SMILES string of the molecule is Cc1cc(F)cc(-c2noc(=O)[nH]2)c1. The standard InChI is InChI=1S/C9H7FN2O2/c1-5-2-6(4-7(10)3-5)8-11-9(13)14-12-8/h2-4H,1H3,(H,11,12,13). The molecular formula is C9H7FN2O2. The van der Waals surface area contributed by atoms with Crippen LogP contribution in [0.1, 0.15) is 5.56 Å². The van der Waals surface area contributed by atoms with Crippen molar-refractivity contribution in [2.45, 2.75) is 6.92 Å². The lowest BCUT2D eigenvalue weighted by atomic mass is 10.1. The van der Waals surface area contributed by atoms with E-state index in [9.17, 15) is 9.18 Å². The number of hydrogen-bond donors (Lipinski definition) is 1. The van der Waals surface area contributed by atoms with Gasteiger partial charge in [-0.05, 0) is 30.7 Å². The number of hydrogen-bond acceptors (Lipinski definition) is 3. The smallest absolute Gasteiger partial charge is 0.296 e. The van der Waals surface area contributed by atoms with Crippen molar-refractivity contribution in [2.75, 3.05) is 0 Å². The van der Waals surface area contributed by atoms with Gasteiger partial charge >= 0.3 is 5.76 Å². The van der Waals surface area contributed by atoms with Gasteiger partial charge in [-0.3, -0.25) is 9.51 Å². The Bertz CT molecular complexity index is 495. The molecule has 2 rings (SSSR count). The molecule has 0 saturated carbocycles. The van der Waals surface area contributed by atoms with E-state index in [1.165, 1.54) is 12.1 Å². The van der Waals surface area contributed by atoms with E-state index in [1.807, 2.05) is 0 Å². The van der Waals surface area contributed by atoms with Gasteiger partial charge in [0, 0.05) is 5.56 Å². The van der Waals surface area contributed by atoms with Crippen LogP contribution in [0.25, 0.3) is 11.4 Å². The molecule has 0 aliphatic carbocycles. The van der Waals surface area contributed by atoms with Crippen LogP contribution in [0.4, 0.5) is 4.39 Å². The first-order valence-corrected chi connectivity index (χ1v) is 3.99. The van der Waals surface area contributed by atoms with Gasteiger partial charge in [0.15, 0.2) is 5.82 Å². The second kappa shape index (κ2) is 3.10. The summed E-state index contributed by atoms with van der Waals surface area (Å²) in [5.74, 6) is -0.789. The Balaban J connectivity index is 2.56. The maximum atomic E-state index is 13.0. The van der Waals surface area contributed by atoms with Gasteiger partial charge in [0.2, 0.25) is 0 Å². The molecule has 0 spiro atoms. The third-order valence-electron chi connectivity index (χ3n) is 1.76. The lowest BCUT2D eigenvalue weighted by Crippen LogP contribution is -1.95. The number of benzene rings is 1. The van der Waals surface area contributed by atoms with Crippen LogP contribution in [0, 0.1) is 12.7 Å². The van der Waals surface area contributed by atoms with Crippen LogP contribution >= 0.6 is 0 Å².